The number of aliphatic carboxylic acids is 1. The van der Waals surface area contributed by atoms with Crippen molar-refractivity contribution in [2.45, 2.75) is 25.3 Å². The van der Waals surface area contributed by atoms with Crippen molar-refractivity contribution in [3.05, 3.63) is 12.7 Å². The van der Waals surface area contributed by atoms with Gasteiger partial charge in [-0.05, 0) is 26.3 Å². The molecule has 0 spiro atoms. The molecule has 0 saturated carbocycles. The smallest absolute Gasteiger partial charge is 0.322 e. The highest BCUT2D eigenvalue weighted by atomic mass is 16.5. The van der Waals surface area contributed by atoms with Gasteiger partial charge in [0.1, 0.15) is 6.04 Å². The predicted octanol–water partition coefficient (Wildman–Crippen LogP) is -0.687. The number of carboxylic acids is 1. The molecule has 0 aromatic heterocycles. The Morgan fingerprint density at radius 1 is 1.46 bits per heavy atom. The van der Waals surface area contributed by atoms with Crippen LogP contribution in [0.2, 0.25) is 0 Å². The van der Waals surface area contributed by atoms with Gasteiger partial charge in [0, 0.05) is 32.8 Å². The van der Waals surface area contributed by atoms with Gasteiger partial charge in [-0.3, -0.25) is 14.6 Å². The number of amides is 1. The summed E-state index contributed by atoms with van der Waals surface area (Å²) >= 11 is 0. The zero-order chi connectivity index (χ0) is 19.2. The normalized spacial score (nSPS) is 16.0. The zero-order valence-corrected chi connectivity index (χ0v) is 15.4. The molecule has 5 N–H and O–H groups in total. The van der Waals surface area contributed by atoms with Crippen molar-refractivity contribution < 1.29 is 19.4 Å². The molecule has 0 aliphatic carbocycles. The lowest BCUT2D eigenvalue weighted by molar-refractivity contribution is -0.139. The first-order chi connectivity index (χ1) is 12.6. The van der Waals surface area contributed by atoms with Gasteiger partial charge in [-0.2, -0.15) is 0 Å². The fourth-order valence-corrected chi connectivity index (χ4v) is 2.40. The fraction of sp³-hybridized carbons (Fsp3) is 0.706. The van der Waals surface area contributed by atoms with E-state index in [2.05, 4.69) is 32.8 Å². The average molecular weight is 369 g/mol. The van der Waals surface area contributed by atoms with Crippen LogP contribution in [0.1, 0.15) is 19.3 Å². The lowest BCUT2D eigenvalue weighted by atomic mass is 10.0. The van der Waals surface area contributed by atoms with Crippen LogP contribution in [-0.2, 0) is 14.3 Å². The monoisotopic (exact) mass is 369 g/mol. The van der Waals surface area contributed by atoms with Crippen molar-refractivity contribution in [2.75, 3.05) is 46.4 Å². The maximum Gasteiger partial charge on any atom is 0.322 e. The number of likely N-dealkylation sites (N-methyl/N-ethyl adjacent to an activating group) is 1. The van der Waals surface area contributed by atoms with Gasteiger partial charge in [-0.15, -0.1) is 6.58 Å². The second-order valence-electron chi connectivity index (χ2n) is 5.96. The Morgan fingerprint density at radius 3 is 2.88 bits per heavy atom. The number of carboxylic acid groups (broad SMARTS) is 1. The summed E-state index contributed by atoms with van der Waals surface area (Å²) in [7, 11) is 1.54. The molecule has 26 heavy (non-hydrogen) atoms. The maximum absolute atomic E-state index is 12.1. The lowest BCUT2D eigenvalue weighted by Crippen LogP contribution is -2.45. The van der Waals surface area contributed by atoms with Gasteiger partial charge in [-0.25, -0.2) is 0 Å². The molecule has 0 aromatic rings. The molecular formula is C17H31N5O4. The van der Waals surface area contributed by atoms with E-state index in [1.54, 1.807) is 13.1 Å². The van der Waals surface area contributed by atoms with Gasteiger partial charge in [-0.1, -0.05) is 6.08 Å². The summed E-state index contributed by atoms with van der Waals surface area (Å²) in [5.74, 6) is -0.753. The number of rotatable bonds is 13. The van der Waals surface area contributed by atoms with Crippen molar-refractivity contribution in [2.24, 2.45) is 10.9 Å². The Labute approximate surface area is 154 Å². The molecular weight excluding hydrogens is 338 g/mol. The van der Waals surface area contributed by atoms with E-state index >= 15 is 0 Å². The summed E-state index contributed by atoms with van der Waals surface area (Å²) in [4.78, 5) is 27.3. The predicted molar refractivity (Wildman–Crippen MR) is 100 cm³/mol. The summed E-state index contributed by atoms with van der Waals surface area (Å²) in [5.41, 5.74) is 0. The second kappa shape index (κ2) is 13.1. The number of carbonyl (C=O) groups is 2. The molecule has 1 aliphatic heterocycles. The van der Waals surface area contributed by atoms with Crippen LogP contribution in [0.15, 0.2) is 17.6 Å². The quantitative estimate of drug-likeness (QED) is 0.215. The van der Waals surface area contributed by atoms with Crippen LogP contribution in [0.4, 0.5) is 0 Å². The molecule has 9 heteroatoms. The van der Waals surface area contributed by atoms with Crippen LogP contribution < -0.4 is 21.3 Å². The molecule has 0 aromatic carbocycles. The van der Waals surface area contributed by atoms with Crippen LogP contribution >= 0.6 is 0 Å². The van der Waals surface area contributed by atoms with E-state index < -0.39 is 12.0 Å². The largest absolute Gasteiger partial charge is 0.480 e. The van der Waals surface area contributed by atoms with Crippen LogP contribution in [-0.4, -0.2) is 75.4 Å². The Balaban J connectivity index is 2.11. The number of nitrogens with zero attached hydrogens (tertiary/aromatic N) is 1. The Hall–Kier alpha value is -2.13. The SMILES string of the molecule is C=CC(CCCOCCNC1=NCCCN1)C(=O)NC[C@H](NC)C(=O)O. The lowest BCUT2D eigenvalue weighted by Gasteiger charge is -2.17. The zero-order valence-electron chi connectivity index (χ0n) is 15.4. The number of hydrogen-bond donors (Lipinski definition) is 5. The topological polar surface area (TPSA) is 124 Å². The van der Waals surface area contributed by atoms with E-state index in [0.29, 0.717) is 26.2 Å². The number of aliphatic imine (C=N–C) groups is 1. The van der Waals surface area contributed by atoms with Gasteiger partial charge in [0.15, 0.2) is 5.96 Å². The summed E-state index contributed by atoms with van der Waals surface area (Å²) in [5, 5.41) is 20.6. The second-order valence-corrected chi connectivity index (χ2v) is 5.96. The van der Waals surface area contributed by atoms with Crippen LogP contribution in [0.25, 0.3) is 0 Å². The molecule has 148 valence electrons. The molecule has 0 bridgehead atoms. The Morgan fingerprint density at radius 2 is 2.27 bits per heavy atom. The Kier molecular flexibility index (Phi) is 11.1. The van der Waals surface area contributed by atoms with Crippen molar-refractivity contribution in [1.29, 1.82) is 0 Å². The first kappa shape index (κ1) is 21.9. The number of carbonyl (C=O) groups excluding carboxylic acids is 1. The molecule has 0 radical (unpaired) electrons. The summed E-state index contributed by atoms with van der Waals surface area (Å²) in [6.07, 6.45) is 3.97. The van der Waals surface area contributed by atoms with Gasteiger partial charge in [0.2, 0.25) is 5.91 Å². The number of guanidine groups is 1. The number of nitrogens with one attached hydrogen (secondary N) is 4. The van der Waals surface area contributed by atoms with Crippen molar-refractivity contribution in [3.63, 3.8) is 0 Å². The molecule has 1 unspecified atom stereocenters. The minimum Gasteiger partial charge on any atom is -0.480 e. The summed E-state index contributed by atoms with van der Waals surface area (Å²) < 4.78 is 5.55. The summed E-state index contributed by atoms with van der Waals surface area (Å²) in [6.45, 7) is 7.30. The number of ether oxygens (including phenoxy) is 1. The standard InChI is InChI=1S/C17H31N5O4/c1-3-13(15(23)22-12-14(18-2)16(24)25)6-4-10-26-11-9-21-17-19-7-5-8-20-17/h3,13-14,18H,1,4-12H2,2H3,(H,22,23)(H,24,25)(H2,19,20,21)/t13?,14-/m0/s1. The minimum absolute atomic E-state index is 0.0368. The van der Waals surface area contributed by atoms with Crippen molar-refractivity contribution in [1.82, 2.24) is 21.3 Å². The van der Waals surface area contributed by atoms with Crippen LogP contribution in [0, 0.1) is 5.92 Å². The van der Waals surface area contributed by atoms with Gasteiger partial charge >= 0.3 is 5.97 Å². The number of hydrogen-bond acceptors (Lipinski definition) is 7. The molecule has 1 heterocycles. The minimum atomic E-state index is -1.00. The van der Waals surface area contributed by atoms with Crippen molar-refractivity contribution in [3.8, 4) is 0 Å². The fourth-order valence-electron chi connectivity index (χ4n) is 2.40. The van der Waals surface area contributed by atoms with E-state index in [0.717, 1.165) is 31.9 Å². The van der Waals surface area contributed by atoms with E-state index in [1.807, 2.05) is 0 Å². The van der Waals surface area contributed by atoms with Gasteiger partial charge < -0.3 is 31.1 Å². The third-order valence-electron chi connectivity index (χ3n) is 3.99. The maximum atomic E-state index is 12.1. The highest BCUT2D eigenvalue weighted by Crippen LogP contribution is 2.08. The van der Waals surface area contributed by atoms with Crippen LogP contribution in [0.5, 0.6) is 0 Å². The molecule has 1 rings (SSSR count). The summed E-state index contributed by atoms with van der Waals surface area (Å²) in [6, 6.07) is -0.802. The van der Waals surface area contributed by atoms with E-state index in [9.17, 15) is 9.59 Å². The van der Waals surface area contributed by atoms with Gasteiger partial charge in [0.05, 0.1) is 12.5 Å². The molecule has 1 amide bonds. The molecule has 0 saturated heterocycles. The van der Waals surface area contributed by atoms with E-state index in [4.69, 9.17) is 9.84 Å². The van der Waals surface area contributed by atoms with E-state index in [-0.39, 0.29) is 18.4 Å². The molecule has 9 nitrogen and oxygen atoms in total. The van der Waals surface area contributed by atoms with Crippen LogP contribution in [0.3, 0.4) is 0 Å². The molecule has 2 atom stereocenters. The Bertz CT molecular complexity index is 484. The third kappa shape index (κ3) is 8.82. The first-order valence-electron chi connectivity index (χ1n) is 8.98. The van der Waals surface area contributed by atoms with Gasteiger partial charge in [0.25, 0.3) is 0 Å². The first-order valence-corrected chi connectivity index (χ1v) is 8.98. The van der Waals surface area contributed by atoms with Crippen molar-refractivity contribution >= 4 is 17.8 Å². The average Bonchev–Trinajstić information content (AvgIpc) is 2.65. The molecule has 1 aliphatic rings. The third-order valence-corrected chi connectivity index (χ3v) is 3.99. The highest BCUT2D eigenvalue weighted by molar-refractivity contribution is 5.81. The molecule has 0 fully saturated rings. The highest BCUT2D eigenvalue weighted by Gasteiger charge is 2.19. The van der Waals surface area contributed by atoms with E-state index in [1.165, 1.54) is 0 Å².